The first-order chi connectivity index (χ1) is 19.4. The van der Waals surface area contributed by atoms with Crippen molar-refractivity contribution >= 4 is 33.3 Å². The number of likely N-dealkylation sites (N-methyl/N-ethyl adjacent to an activating group) is 1. The lowest BCUT2D eigenvalue weighted by Gasteiger charge is -2.32. The van der Waals surface area contributed by atoms with Crippen molar-refractivity contribution in [3.8, 4) is 11.1 Å². The molecule has 2 heterocycles. The largest absolute Gasteiger partial charge is 0.416 e. The fourth-order valence-corrected chi connectivity index (χ4v) is 5.57. The second kappa shape index (κ2) is 11.5. The lowest BCUT2D eigenvalue weighted by atomic mass is 9.81. The molecule has 0 radical (unpaired) electrons. The minimum absolute atomic E-state index is 0.0242. The SMILES string of the molecule is CN(C(=O)C(C)(C)c1cc(C(F)(F)F)cc(C(F)(F)F)c1)c1cnc(N2CC(O)CC2CO)cc1-c1ccccc1Br. The van der Waals surface area contributed by atoms with Crippen LogP contribution in [0.5, 0.6) is 0 Å². The Kier molecular flexibility index (Phi) is 8.69. The summed E-state index contributed by atoms with van der Waals surface area (Å²) < 4.78 is 82.0. The summed E-state index contributed by atoms with van der Waals surface area (Å²) in [6, 6.07) is 9.48. The molecule has 42 heavy (non-hydrogen) atoms. The number of alkyl halides is 6. The van der Waals surface area contributed by atoms with Crippen molar-refractivity contribution in [1.82, 2.24) is 4.98 Å². The molecule has 1 aliphatic rings. The standard InChI is InChI=1S/C29H28BrF6N3O3/c1-27(2,16-8-17(28(31,32)33)10-18(9-16)29(34,35)36)26(42)38(3)24-13-37-25(39-14-20(41)11-19(39)15-40)12-22(24)21-6-4-5-7-23(21)30/h4-10,12-13,19-20,40-41H,11,14-15H2,1-3H3. The van der Waals surface area contributed by atoms with Gasteiger partial charge < -0.3 is 20.0 Å². The first-order valence-electron chi connectivity index (χ1n) is 12.8. The van der Waals surface area contributed by atoms with Crippen LogP contribution in [0.15, 0.2) is 59.2 Å². The normalized spacial score (nSPS) is 18.0. The van der Waals surface area contributed by atoms with E-state index in [4.69, 9.17) is 0 Å². The number of carbonyl (C=O) groups excluding carboxylic acids is 1. The van der Waals surface area contributed by atoms with E-state index in [9.17, 15) is 41.4 Å². The van der Waals surface area contributed by atoms with Crippen LogP contribution in [-0.2, 0) is 22.6 Å². The lowest BCUT2D eigenvalue weighted by Crippen LogP contribution is -2.42. The molecule has 1 saturated heterocycles. The number of pyridine rings is 1. The molecule has 2 N–H and O–H groups in total. The second-order valence-electron chi connectivity index (χ2n) is 10.7. The van der Waals surface area contributed by atoms with E-state index in [1.807, 2.05) is 0 Å². The molecular weight excluding hydrogens is 632 g/mol. The Labute approximate surface area is 246 Å². The number of rotatable bonds is 6. The molecule has 0 spiro atoms. The Hall–Kier alpha value is -3.16. The third-order valence-electron chi connectivity index (χ3n) is 7.44. The van der Waals surface area contributed by atoms with Gasteiger partial charge in [-0.15, -0.1) is 0 Å². The number of hydrogen-bond donors (Lipinski definition) is 2. The summed E-state index contributed by atoms with van der Waals surface area (Å²) in [5.74, 6) is -0.365. The average Bonchev–Trinajstić information content (AvgIpc) is 3.31. The van der Waals surface area contributed by atoms with Crippen LogP contribution in [0.3, 0.4) is 0 Å². The van der Waals surface area contributed by atoms with Crippen LogP contribution in [0.2, 0.25) is 0 Å². The predicted molar refractivity (Wildman–Crippen MR) is 149 cm³/mol. The van der Waals surface area contributed by atoms with Gasteiger partial charge in [0.2, 0.25) is 5.91 Å². The number of aromatic nitrogens is 1. The van der Waals surface area contributed by atoms with Gasteiger partial charge in [-0.1, -0.05) is 34.1 Å². The molecule has 0 aliphatic carbocycles. The summed E-state index contributed by atoms with van der Waals surface area (Å²) in [6.45, 7) is 2.51. The maximum atomic E-state index is 13.9. The van der Waals surface area contributed by atoms with E-state index < -0.39 is 52.5 Å². The fraction of sp³-hybridized carbons (Fsp3) is 0.379. The van der Waals surface area contributed by atoms with Crippen LogP contribution in [0.4, 0.5) is 37.8 Å². The molecule has 4 rings (SSSR count). The maximum absolute atomic E-state index is 13.9. The molecule has 2 unspecified atom stereocenters. The minimum Gasteiger partial charge on any atom is -0.394 e. The molecule has 1 amide bonds. The van der Waals surface area contributed by atoms with Gasteiger partial charge in [-0.3, -0.25) is 4.79 Å². The smallest absolute Gasteiger partial charge is 0.394 e. The Bertz CT molecular complexity index is 1450. The number of β-amino-alcohol motifs (C(OH)–C–C–N with tert-alkyl or cyclic N) is 1. The molecule has 6 nitrogen and oxygen atoms in total. The van der Waals surface area contributed by atoms with E-state index in [2.05, 4.69) is 20.9 Å². The quantitative estimate of drug-likeness (QED) is 0.299. The molecule has 2 aromatic carbocycles. The summed E-state index contributed by atoms with van der Waals surface area (Å²) in [5, 5.41) is 20.0. The van der Waals surface area contributed by atoms with Crippen LogP contribution in [-0.4, -0.2) is 53.4 Å². The van der Waals surface area contributed by atoms with Gasteiger partial charge in [-0.25, -0.2) is 4.98 Å². The minimum atomic E-state index is -5.07. The number of anilines is 2. The van der Waals surface area contributed by atoms with E-state index in [1.54, 1.807) is 35.2 Å². The zero-order chi connectivity index (χ0) is 31.2. The van der Waals surface area contributed by atoms with E-state index in [1.165, 1.54) is 27.1 Å². The van der Waals surface area contributed by atoms with Crippen molar-refractivity contribution < 1.29 is 41.4 Å². The van der Waals surface area contributed by atoms with E-state index >= 15 is 0 Å². The van der Waals surface area contributed by atoms with E-state index in [-0.39, 0.29) is 24.9 Å². The molecule has 13 heteroatoms. The van der Waals surface area contributed by atoms with Gasteiger partial charge >= 0.3 is 12.4 Å². The number of nitrogens with zero attached hydrogens (tertiary/aromatic N) is 3. The Morgan fingerprint density at radius 2 is 1.57 bits per heavy atom. The van der Waals surface area contributed by atoms with Gasteiger partial charge in [-0.2, -0.15) is 26.3 Å². The molecule has 1 aliphatic heterocycles. The Morgan fingerprint density at radius 1 is 1.00 bits per heavy atom. The highest BCUT2D eigenvalue weighted by Crippen LogP contribution is 2.42. The van der Waals surface area contributed by atoms with Crippen molar-refractivity contribution in [2.45, 2.75) is 50.2 Å². The highest BCUT2D eigenvalue weighted by atomic mass is 79.9. The van der Waals surface area contributed by atoms with Crippen LogP contribution < -0.4 is 9.80 Å². The van der Waals surface area contributed by atoms with Gasteiger partial charge in [0, 0.05) is 23.6 Å². The number of carbonyl (C=O) groups is 1. The van der Waals surface area contributed by atoms with Gasteiger partial charge in [0.05, 0.1) is 47.2 Å². The molecule has 226 valence electrons. The zero-order valence-corrected chi connectivity index (χ0v) is 24.3. The zero-order valence-electron chi connectivity index (χ0n) is 22.8. The number of hydrogen-bond acceptors (Lipinski definition) is 5. The molecular formula is C29H28BrF6N3O3. The third-order valence-corrected chi connectivity index (χ3v) is 8.13. The van der Waals surface area contributed by atoms with Crippen LogP contribution in [0.1, 0.15) is 37.0 Å². The molecule has 1 aromatic heterocycles. The highest BCUT2D eigenvalue weighted by molar-refractivity contribution is 9.10. The van der Waals surface area contributed by atoms with Gasteiger partial charge in [0.1, 0.15) is 5.82 Å². The third kappa shape index (κ3) is 6.28. The topological polar surface area (TPSA) is 76.9 Å². The van der Waals surface area contributed by atoms with Crippen molar-refractivity contribution in [3.05, 3.63) is 75.9 Å². The molecule has 0 saturated carbocycles. The summed E-state index contributed by atoms with van der Waals surface area (Å²) in [5.41, 5.74) is -3.94. The fourth-order valence-electron chi connectivity index (χ4n) is 5.07. The average molecular weight is 660 g/mol. The number of amides is 1. The van der Waals surface area contributed by atoms with Gasteiger partial charge in [0.15, 0.2) is 0 Å². The van der Waals surface area contributed by atoms with Gasteiger partial charge in [-0.05, 0) is 61.7 Å². The first-order valence-corrected chi connectivity index (χ1v) is 13.6. The van der Waals surface area contributed by atoms with Crippen LogP contribution in [0, 0.1) is 0 Å². The Balaban J connectivity index is 1.82. The monoisotopic (exact) mass is 659 g/mol. The summed E-state index contributed by atoms with van der Waals surface area (Å²) in [4.78, 5) is 21.2. The predicted octanol–water partition coefficient (Wildman–Crippen LogP) is 6.42. The number of aliphatic hydroxyl groups excluding tert-OH is 2. The molecule has 1 fully saturated rings. The van der Waals surface area contributed by atoms with E-state index in [0.29, 0.717) is 40.0 Å². The molecule has 0 bridgehead atoms. The molecule has 3 aromatic rings. The Morgan fingerprint density at radius 3 is 2.12 bits per heavy atom. The summed E-state index contributed by atoms with van der Waals surface area (Å²) >= 11 is 3.50. The number of halogens is 7. The molecule has 2 atom stereocenters. The van der Waals surface area contributed by atoms with Crippen LogP contribution in [0.25, 0.3) is 11.1 Å². The number of aliphatic hydroxyl groups is 2. The second-order valence-corrected chi connectivity index (χ2v) is 11.6. The lowest BCUT2D eigenvalue weighted by molar-refractivity contribution is -0.143. The highest BCUT2D eigenvalue weighted by Gasteiger charge is 2.41. The maximum Gasteiger partial charge on any atom is 0.416 e. The summed E-state index contributed by atoms with van der Waals surface area (Å²) in [6.07, 6.45) is -9.11. The van der Waals surface area contributed by atoms with Crippen LogP contribution >= 0.6 is 15.9 Å². The first kappa shape index (κ1) is 31.8. The van der Waals surface area contributed by atoms with E-state index in [0.717, 1.165) is 4.90 Å². The van der Waals surface area contributed by atoms with Gasteiger partial charge in [0.25, 0.3) is 0 Å². The van der Waals surface area contributed by atoms with Crippen molar-refractivity contribution in [2.24, 2.45) is 0 Å². The number of benzene rings is 2. The van der Waals surface area contributed by atoms with Crippen molar-refractivity contribution in [1.29, 1.82) is 0 Å². The van der Waals surface area contributed by atoms with Crippen molar-refractivity contribution in [2.75, 3.05) is 30.0 Å². The van der Waals surface area contributed by atoms with Crippen molar-refractivity contribution in [3.63, 3.8) is 0 Å². The summed E-state index contributed by atoms with van der Waals surface area (Å²) in [7, 11) is 1.37.